The Morgan fingerprint density at radius 2 is 2.00 bits per heavy atom. The van der Waals surface area contributed by atoms with Gasteiger partial charge in [-0.3, -0.25) is 0 Å². The topological polar surface area (TPSA) is 0 Å². The first-order chi connectivity index (χ1) is 4.57. The van der Waals surface area contributed by atoms with Crippen molar-refractivity contribution in [3.63, 3.8) is 0 Å². The molecule has 10 heavy (non-hydrogen) atoms. The minimum atomic E-state index is 0.705. The zero-order chi connectivity index (χ0) is 8.15. The SMILES string of the molecule is C=C(C)C=C(C)C(C)CC. The van der Waals surface area contributed by atoms with Gasteiger partial charge in [-0.25, -0.2) is 0 Å². The molecule has 0 fully saturated rings. The molecule has 0 saturated carbocycles. The van der Waals surface area contributed by atoms with Gasteiger partial charge in [0, 0.05) is 0 Å². The van der Waals surface area contributed by atoms with Crippen molar-refractivity contribution < 1.29 is 0 Å². The molecule has 0 aromatic carbocycles. The lowest BCUT2D eigenvalue weighted by Crippen LogP contribution is -1.93. The van der Waals surface area contributed by atoms with Crippen LogP contribution in [0.15, 0.2) is 23.8 Å². The Morgan fingerprint density at radius 3 is 2.30 bits per heavy atom. The maximum atomic E-state index is 3.84. The van der Waals surface area contributed by atoms with Crippen LogP contribution in [-0.2, 0) is 0 Å². The van der Waals surface area contributed by atoms with Crippen molar-refractivity contribution in [3.05, 3.63) is 23.8 Å². The first kappa shape index (κ1) is 9.48. The van der Waals surface area contributed by atoms with Crippen LogP contribution in [0.3, 0.4) is 0 Å². The van der Waals surface area contributed by atoms with Crippen LogP contribution in [0.5, 0.6) is 0 Å². The van der Waals surface area contributed by atoms with Crippen LogP contribution in [0.1, 0.15) is 34.1 Å². The van der Waals surface area contributed by atoms with E-state index in [2.05, 4.69) is 33.4 Å². The van der Waals surface area contributed by atoms with E-state index in [4.69, 9.17) is 0 Å². The third-order valence-corrected chi connectivity index (χ3v) is 1.86. The quantitative estimate of drug-likeness (QED) is 0.523. The third-order valence-electron chi connectivity index (χ3n) is 1.86. The van der Waals surface area contributed by atoms with Crippen molar-refractivity contribution in [3.8, 4) is 0 Å². The van der Waals surface area contributed by atoms with E-state index in [9.17, 15) is 0 Å². The third kappa shape index (κ3) is 3.49. The summed E-state index contributed by atoms with van der Waals surface area (Å²) in [6, 6.07) is 0. The van der Waals surface area contributed by atoms with Gasteiger partial charge in [0.2, 0.25) is 0 Å². The van der Waals surface area contributed by atoms with E-state index in [-0.39, 0.29) is 0 Å². The molecule has 0 N–H and O–H groups in total. The average molecular weight is 138 g/mol. The average Bonchev–Trinajstić information content (AvgIpc) is 1.85. The van der Waals surface area contributed by atoms with E-state index in [1.54, 1.807) is 0 Å². The Balaban J connectivity index is 4.04. The van der Waals surface area contributed by atoms with Crippen molar-refractivity contribution >= 4 is 0 Å². The monoisotopic (exact) mass is 138 g/mol. The fraction of sp³-hybridized carbons (Fsp3) is 0.600. The summed E-state index contributed by atoms with van der Waals surface area (Å²) in [5.74, 6) is 0.705. The molecule has 0 heteroatoms. The van der Waals surface area contributed by atoms with E-state index in [1.165, 1.54) is 12.0 Å². The molecule has 0 heterocycles. The number of rotatable bonds is 3. The Kier molecular flexibility index (Phi) is 4.10. The lowest BCUT2D eigenvalue weighted by atomic mass is 9.98. The number of hydrogen-bond acceptors (Lipinski definition) is 0. The van der Waals surface area contributed by atoms with E-state index in [0.717, 1.165) is 5.57 Å². The first-order valence-electron chi connectivity index (χ1n) is 3.91. The molecule has 0 amide bonds. The number of allylic oxidation sites excluding steroid dienone is 3. The Bertz CT molecular complexity index is 140. The van der Waals surface area contributed by atoms with Gasteiger partial charge in [0.15, 0.2) is 0 Å². The summed E-state index contributed by atoms with van der Waals surface area (Å²) >= 11 is 0. The lowest BCUT2D eigenvalue weighted by molar-refractivity contribution is 0.655. The van der Waals surface area contributed by atoms with Crippen LogP contribution in [0.25, 0.3) is 0 Å². The van der Waals surface area contributed by atoms with Gasteiger partial charge >= 0.3 is 0 Å². The Labute approximate surface area is 64.6 Å². The smallest absolute Gasteiger partial charge is 0.0234 e. The first-order valence-corrected chi connectivity index (χ1v) is 3.91. The molecular formula is C10H18. The zero-order valence-corrected chi connectivity index (χ0v) is 7.57. The van der Waals surface area contributed by atoms with Gasteiger partial charge in [-0.15, -0.1) is 0 Å². The molecule has 0 aliphatic rings. The summed E-state index contributed by atoms with van der Waals surface area (Å²) in [5, 5.41) is 0. The van der Waals surface area contributed by atoms with Crippen LogP contribution < -0.4 is 0 Å². The molecule has 0 spiro atoms. The van der Waals surface area contributed by atoms with E-state index >= 15 is 0 Å². The van der Waals surface area contributed by atoms with Crippen molar-refractivity contribution in [1.82, 2.24) is 0 Å². The fourth-order valence-corrected chi connectivity index (χ4v) is 0.853. The van der Waals surface area contributed by atoms with Crippen LogP contribution in [-0.4, -0.2) is 0 Å². The lowest BCUT2D eigenvalue weighted by Gasteiger charge is -2.07. The van der Waals surface area contributed by atoms with Crippen LogP contribution in [0.2, 0.25) is 0 Å². The maximum Gasteiger partial charge on any atom is -0.0234 e. The molecule has 58 valence electrons. The molecule has 0 nitrogen and oxygen atoms in total. The summed E-state index contributed by atoms with van der Waals surface area (Å²) < 4.78 is 0. The molecule has 0 radical (unpaired) electrons. The van der Waals surface area contributed by atoms with Gasteiger partial charge in [-0.2, -0.15) is 0 Å². The largest absolute Gasteiger partial charge is 0.0961 e. The minimum absolute atomic E-state index is 0.705. The summed E-state index contributed by atoms with van der Waals surface area (Å²) in [5.41, 5.74) is 2.59. The van der Waals surface area contributed by atoms with Crippen LogP contribution in [0.4, 0.5) is 0 Å². The predicted octanol–water partition coefficient (Wildman–Crippen LogP) is 3.55. The zero-order valence-electron chi connectivity index (χ0n) is 7.57. The van der Waals surface area contributed by atoms with Crippen LogP contribution >= 0.6 is 0 Å². The molecule has 0 aromatic rings. The highest BCUT2D eigenvalue weighted by atomic mass is 14.0. The summed E-state index contributed by atoms with van der Waals surface area (Å²) in [7, 11) is 0. The molecule has 0 saturated heterocycles. The molecule has 0 aliphatic carbocycles. The normalized spacial score (nSPS) is 15.0. The summed E-state index contributed by atoms with van der Waals surface area (Å²) in [4.78, 5) is 0. The van der Waals surface area contributed by atoms with Gasteiger partial charge in [-0.05, 0) is 26.2 Å². The highest BCUT2D eigenvalue weighted by molar-refractivity contribution is 5.18. The molecule has 0 bridgehead atoms. The Hall–Kier alpha value is -0.520. The van der Waals surface area contributed by atoms with Gasteiger partial charge in [0.25, 0.3) is 0 Å². The second-order valence-electron chi connectivity index (χ2n) is 3.04. The minimum Gasteiger partial charge on any atom is -0.0961 e. The van der Waals surface area contributed by atoms with Crippen molar-refractivity contribution in [2.24, 2.45) is 5.92 Å². The molecular weight excluding hydrogens is 120 g/mol. The molecule has 1 unspecified atom stereocenters. The standard InChI is InChI=1S/C10H18/c1-6-9(4)10(5)7-8(2)3/h7,9H,2,6H2,1,3-5H3. The van der Waals surface area contributed by atoms with Gasteiger partial charge in [0.05, 0.1) is 0 Å². The second-order valence-corrected chi connectivity index (χ2v) is 3.04. The second kappa shape index (κ2) is 4.32. The predicted molar refractivity (Wildman–Crippen MR) is 48.0 cm³/mol. The van der Waals surface area contributed by atoms with Gasteiger partial charge in [-0.1, -0.05) is 37.6 Å². The van der Waals surface area contributed by atoms with Crippen LogP contribution in [0, 0.1) is 5.92 Å². The molecule has 0 aromatic heterocycles. The molecule has 0 aliphatic heterocycles. The van der Waals surface area contributed by atoms with Crippen molar-refractivity contribution in [1.29, 1.82) is 0 Å². The highest BCUT2D eigenvalue weighted by Gasteiger charge is 1.98. The fourth-order valence-electron chi connectivity index (χ4n) is 0.853. The highest BCUT2D eigenvalue weighted by Crippen LogP contribution is 2.14. The summed E-state index contributed by atoms with van der Waals surface area (Å²) in [6.45, 7) is 12.5. The molecule has 0 rings (SSSR count). The van der Waals surface area contributed by atoms with Gasteiger partial charge in [0.1, 0.15) is 0 Å². The van der Waals surface area contributed by atoms with Crippen molar-refractivity contribution in [2.45, 2.75) is 34.1 Å². The van der Waals surface area contributed by atoms with E-state index < -0.39 is 0 Å². The van der Waals surface area contributed by atoms with Gasteiger partial charge < -0.3 is 0 Å². The van der Waals surface area contributed by atoms with Crippen molar-refractivity contribution in [2.75, 3.05) is 0 Å². The maximum absolute atomic E-state index is 3.84. The molecule has 1 atom stereocenters. The Morgan fingerprint density at radius 1 is 1.50 bits per heavy atom. The summed E-state index contributed by atoms with van der Waals surface area (Å²) in [6.07, 6.45) is 3.38. The van der Waals surface area contributed by atoms with E-state index in [1.807, 2.05) is 6.92 Å². The van der Waals surface area contributed by atoms with E-state index in [0.29, 0.717) is 5.92 Å². The number of hydrogen-bond donors (Lipinski definition) is 0.